The second-order valence-corrected chi connectivity index (χ2v) is 4.72. The molecule has 0 fully saturated rings. The van der Waals surface area contributed by atoms with E-state index in [4.69, 9.17) is 10.5 Å². The number of pyridine rings is 1. The Hall–Kier alpha value is -2.08. The minimum Gasteiger partial charge on any atom is -0.495 e. The highest BCUT2D eigenvalue weighted by Crippen LogP contribution is 2.24. The van der Waals surface area contributed by atoms with Crippen LogP contribution in [0.5, 0.6) is 5.75 Å². The van der Waals surface area contributed by atoms with Gasteiger partial charge in [-0.3, -0.25) is 9.78 Å². The van der Waals surface area contributed by atoms with E-state index >= 15 is 0 Å². The normalized spacial score (nSPS) is 10.0. The van der Waals surface area contributed by atoms with Gasteiger partial charge in [-0.1, -0.05) is 0 Å². The fraction of sp³-hybridized carbons (Fsp3) is 0.0769. The lowest BCUT2D eigenvalue weighted by molar-refractivity contribution is 0.102. The summed E-state index contributed by atoms with van der Waals surface area (Å²) in [4.78, 5) is 15.9. The highest BCUT2D eigenvalue weighted by Gasteiger charge is 2.08. The van der Waals surface area contributed by atoms with Crippen molar-refractivity contribution in [3.63, 3.8) is 0 Å². The molecule has 2 rings (SSSR count). The van der Waals surface area contributed by atoms with E-state index in [1.165, 1.54) is 13.3 Å². The van der Waals surface area contributed by atoms with Gasteiger partial charge in [0.2, 0.25) is 0 Å². The maximum Gasteiger partial charge on any atom is 0.257 e. The molecular formula is C13H12BrN3O2. The molecule has 98 valence electrons. The lowest BCUT2D eigenvalue weighted by Gasteiger charge is -2.08. The highest BCUT2D eigenvalue weighted by molar-refractivity contribution is 9.10. The number of halogens is 1. The molecule has 5 nitrogen and oxygen atoms in total. The van der Waals surface area contributed by atoms with Gasteiger partial charge in [0, 0.05) is 22.6 Å². The molecule has 19 heavy (non-hydrogen) atoms. The summed E-state index contributed by atoms with van der Waals surface area (Å²) in [6.07, 6.45) is 3.11. The first-order valence-electron chi connectivity index (χ1n) is 5.45. The predicted octanol–water partition coefficient (Wildman–Crippen LogP) is 2.69. The van der Waals surface area contributed by atoms with Crippen molar-refractivity contribution in [3.8, 4) is 5.75 Å². The van der Waals surface area contributed by atoms with E-state index < -0.39 is 0 Å². The van der Waals surface area contributed by atoms with Crippen molar-refractivity contribution in [3.05, 3.63) is 46.7 Å². The van der Waals surface area contributed by atoms with Crippen molar-refractivity contribution in [1.82, 2.24) is 4.98 Å². The molecule has 0 unspecified atom stereocenters. The molecule has 0 saturated carbocycles. The van der Waals surface area contributed by atoms with E-state index in [2.05, 4.69) is 26.2 Å². The summed E-state index contributed by atoms with van der Waals surface area (Å²) in [7, 11) is 1.54. The first-order chi connectivity index (χ1) is 9.10. The number of anilines is 2. The standard InChI is InChI=1S/C13H12BrN3O2/c1-19-12-3-2-10(5-11(12)15)17-13(18)8-4-9(14)7-16-6-8/h2-7H,15H2,1H3,(H,17,18). The van der Waals surface area contributed by atoms with Crippen LogP contribution in [0.25, 0.3) is 0 Å². The van der Waals surface area contributed by atoms with Crippen LogP contribution in [0.1, 0.15) is 10.4 Å². The third kappa shape index (κ3) is 3.23. The fourth-order valence-electron chi connectivity index (χ4n) is 1.55. The molecule has 0 aliphatic rings. The smallest absolute Gasteiger partial charge is 0.257 e. The third-order valence-corrected chi connectivity index (χ3v) is 2.89. The van der Waals surface area contributed by atoms with Gasteiger partial charge in [-0.2, -0.15) is 0 Å². The number of methoxy groups -OCH3 is 1. The van der Waals surface area contributed by atoms with Crippen LogP contribution in [0.2, 0.25) is 0 Å². The monoisotopic (exact) mass is 321 g/mol. The van der Waals surface area contributed by atoms with Crippen LogP contribution < -0.4 is 15.8 Å². The molecule has 0 saturated heterocycles. The molecular weight excluding hydrogens is 310 g/mol. The molecule has 0 aliphatic heterocycles. The molecule has 0 spiro atoms. The zero-order valence-corrected chi connectivity index (χ0v) is 11.8. The summed E-state index contributed by atoms with van der Waals surface area (Å²) in [6.45, 7) is 0. The number of nitrogens with one attached hydrogen (secondary N) is 1. The van der Waals surface area contributed by atoms with Crippen LogP contribution in [0, 0.1) is 0 Å². The van der Waals surface area contributed by atoms with Crippen LogP contribution >= 0.6 is 15.9 Å². The number of nitrogens with zero attached hydrogens (tertiary/aromatic N) is 1. The van der Waals surface area contributed by atoms with Crippen molar-refractivity contribution in [2.75, 3.05) is 18.2 Å². The van der Waals surface area contributed by atoms with Gasteiger partial charge in [0.15, 0.2) is 0 Å². The van der Waals surface area contributed by atoms with E-state index in [-0.39, 0.29) is 5.91 Å². The second kappa shape index (κ2) is 5.71. The number of benzene rings is 1. The highest BCUT2D eigenvalue weighted by atomic mass is 79.9. The minimum atomic E-state index is -0.252. The topological polar surface area (TPSA) is 77.2 Å². The number of hydrogen-bond donors (Lipinski definition) is 2. The second-order valence-electron chi connectivity index (χ2n) is 3.80. The number of ether oxygens (including phenoxy) is 1. The number of rotatable bonds is 3. The van der Waals surface area contributed by atoms with Gasteiger partial charge in [-0.15, -0.1) is 0 Å². The zero-order chi connectivity index (χ0) is 13.8. The Bertz CT molecular complexity index is 617. The van der Waals surface area contributed by atoms with Gasteiger partial charge >= 0.3 is 0 Å². The van der Waals surface area contributed by atoms with Gasteiger partial charge in [-0.25, -0.2) is 0 Å². The average molecular weight is 322 g/mol. The number of carbonyl (C=O) groups excluding carboxylic acids is 1. The first kappa shape index (κ1) is 13.4. The van der Waals surface area contributed by atoms with Crippen molar-refractivity contribution in [2.45, 2.75) is 0 Å². The quantitative estimate of drug-likeness (QED) is 0.852. The molecule has 1 heterocycles. The van der Waals surface area contributed by atoms with E-state index in [1.807, 2.05) is 0 Å². The Morgan fingerprint density at radius 3 is 2.79 bits per heavy atom. The van der Waals surface area contributed by atoms with Crippen LogP contribution in [-0.2, 0) is 0 Å². The number of hydrogen-bond acceptors (Lipinski definition) is 4. The summed E-state index contributed by atoms with van der Waals surface area (Å²) in [6, 6.07) is 6.75. The molecule has 6 heteroatoms. The summed E-state index contributed by atoms with van der Waals surface area (Å²) >= 11 is 3.27. The Kier molecular flexibility index (Phi) is 4.01. The maximum atomic E-state index is 12.0. The van der Waals surface area contributed by atoms with Crippen LogP contribution in [0.3, 0.4) is 0 Å². The van der Waals surface area contributed by atoms with Crippen LogP contribution in [0.15, 0.2) is 41.1 Å². The lowest BCUT2D eigenvalue weighted by Crippen LogP contribution is -2.12. The lowest BCUT2D eigenvalue weighted by atomic mass is 10.2. The van der Waals surface area contributed by atoms with Crippen molar-refractivity contribution in [2.24, 2.45) is 0 Å². The summed E-state index contributed by atoms with van der Waals surface area (Å²) in [5.74, 6) is 0.320. The molecule has 1 aromatic carbocycles. The number of amides is 1. The molecule has 0 aliphatic carbocycles. The number of nitrogen functional groups attached to an aromatic ring is 1. The van der Waals surface area contributed by atoms with E-state index in [0.29, 0.717) is 22.7 Å². The number of carbonyl (C=O) groups is 1. The zero-order valence-electron chi connectivity index (χ0n) is 10.2. The first-order valence-corrected chi connectivity index (χ1v) is 6.25. The Morgan fingerprint density at radius 2 is 2.16 bits per heavy atom. The average Bonchev–Trinajstić information content (AvgIpc) is 2.39. The van der Waals surface area contributed by atoms with E-state index in [9.17, 15) is 4.79 Å². The van der Waals surface area contributed by atoms with Gasteiger partial charge in [0.1, 0.15) is 5.75 Å². The summed E-state index contributed by atoms with van der Waals surface area (Å²) < 4.78 is 5.80. The van der Waals surface area contributed by atoms with Crippen molar-refractivity contribution < 1.29 is 9.53 Å². The van der Waals surface area contributed by atoms with Crippen molar-refractivity contribution in [1.29, 1.82) is 0 Å². The van der Waals surface area contributed by atoms with Gasteiger partial charge in [0.25, 0.3) is 5.91 Å². The Balaban J connectivity index is 2.17. The van der Waals surface area contributed by atoms with Gasteiger partial charge in [-0.05, 0) is 40.2 Å². The molecule has 1 aromatic heterocycles. The predicted molar refractivity (Wildman–Crippen MR) is 77.3 cm³/mol. The summed E-state index contributed by atoms with van der Waals surface area (Å²) in [5.41, 5.74) is 7.30. The molecule has 0 atom stereocenters. The molecule has 1 amide bonds. The third-order valence-electron chi connectivity index (χ3n) is 2.45. The SMILES string of the molecule is COc1ccc(NC(=O)c2cncc(Br)c2)cc1N. The van der Waals surface area contributed by atoms with Crippen LogP contribution in [-0.4, -0.2) is 18.0 Å². The molecule has 0 radical (unpaired) electrons. The Labute approximate surface area is 118 Å². The maximum absolute atomic E-state index is 12.0. The van der Waals surface area contributed by atoms with E-state index in [0.717, 1.165) is 4.47 Å². The van der Waals surface area contributed by atoms with Crippen LogP contribution in [0.4, 0.5) is 11.4 Å². The van der Waals surface area contributed by atoms with Gasteiger partial charge in [0.05, 0.1) is 18.4 Å². The number of aromatic nitrogens is 1. The van der Waals surface area contributed by atoms with Gasteiger partial charge < -0.3 is 15.8 Å². The van der Waals surface area contributed by atoms with E-state index in [1.54, 1.807) is 30.5 Å². The molecule has 0 bridgehead atoms. The number of nitrogens with two attached hydrogens (primary N) is 1. The fourth-order valence-corrected chi connectivity index (χ4v) is 1.92. The summed E-state index contributed by atoms with van der Waals surface area (Å²) in [5, 5.41) is 2.74. The van der Waals surface area contributed by atoms with Crippen molar-refractivity contribution >= 4 is 33.2 Å². The minimum absolute atomic E-state index is 0.252. The Morgan fingerprint density at radius 1 is 1.37 bits per heavy atom. The molecule has 3 N–H and O–H groups in total. The molecule has 2 aromatic rings. The largest absolute Gasteiger partial charge is 0.495 e.